The van der Waals surface area contributed by atoms with Crippen LogP contribution in [-0.4, -0.2) is 0 Å². The zero-order valence-electron chi connectivity index (χ0n) is 12.4. The summed E-state index contributed by atoms with van der Waals surface area (Å²) in [6.07, 6.45) is 3.26. The summed E-state index contributed by atoms with van der Waals surface area (Å²) in [6.45, 7) is 4.43. The summed E-state index contributed by atoms with van der Waals surface area (Å²) in [6, 6.07) is 19.4. The van der Waals surface area contributed by atoms with E-state index in [1.165, 1.54) is 16.7 Å². The molecule has 1 heteroatoms. The lowest BCUT2D eigenvalue weighted by atomic mass is 9.93. The normalized spacial score (nSPS) is 12.6. The van der Waals surface area contributed by atoms with Gasteiger partial charge >= 0.3 is 0 Å². The molecule has 0 N–H and O–H groups in total. The van der Waals surface area contributed by atoms with Gasteiger partial charge in [0.25, 0.3) is 0 Å². The van der Waals surface area contributed by atoms with Crippen molar-refractivity contribution in [3.8, 4) is 0 Å². The molecule has 1 atom stereocenters. The molecular formula is C19H23Cl. The van der Waals surface area contributed by atoms with Gasteiger partial charge in [0.05, 0.1) is 5.38 Å². The molecule has 0 spiro atoms. The average molecular weight is 287 g/mol. The highest BCUT2D eigenvalue weighted by atomic mass is 35.5. The van der Waals surface area contributed by atoms with Crippen LogP contribution < -0.4 is 0 Å². The maximum Gasteiger partial charge on any atom is 0.0613 e. The van der Waals surface area contributed by atoms with Crippen molar-refractivity contribution in [2.24, 2.45) is 5.92 Å². The molecular weight excluding hydrogens is 264 g/mol. The molecule has 0 saturated carbocycles. The zero-order valence-corrected chi connectivity index (χ0v) is 13.1. The van der Waals surface area contributed by atoms with Gasteiger partial charge in [0.15, 0.2) is 0 Å². The van der Waals surface area contributed by atoms with Crippen molar-refractivity contribution >= 4 is 11.6 Å². The van der Waals surface area contributed by atoms with Crippen LogP contribution in [0.15, 0.2) is 54.6 Å². The van der Waals surface area contributed by atoms with E-state index >= 15 is 0 Å². The van der Waals surface area contributed by atoms with E-state index in [-0.39, 0.29) is 5.38 Å². The zero-order chi connectivity index (χ0) is 14.4. The van der Waals surface area contributed by atoms with Crippen molar-refractivity contribution in [2.45, 2.75) is 38.5 Å². The van der Waals surface area contributed by atoms with Crippen molar-refractivity contribution in [3.05, 3.63) is 71.3 Å². The average Bonchev–Trinajstić information content (AvgIpc) is 2.50. The van der Waals surface area contributed by atoms with E-state index in [4.69, 9.17) is 11.6 Å². The van der Waals surface area contributed by atoms with Crippen LogP contribution in [0.5, 0.6) is 0 Å². The van der Waals surface area contributed by atoms with Crippen LogP contribution in [0.3, 0.4) is 0 Å². The van der Waals surface area contributed by atoms with Crippen molar-refractivity contribution in [1.82, 2.24) is 0 Å². The second-order valence-corrected chi connectivity index (χ2v) is 5.85. The molecule has 0 radical (unpaired) electrons. The van der Waals surface area contributed by atoms with Gasteiger partial charge in [-0.05, 0) is 29.0 Å². The summed E-state index contributed by atoms with van der Waals surface area (Å²) in [5.41, 5.74) is 3.94. The molecule has 0 bridgehead atoms. The molecule has 0 aliphatic heterocycles. The molecule has 106 valence electrons. The number of rotatable bonds is 6. The molecule has 0 nitrogen and oxygen atoms in total. The number of halogens is 1. The Morgan fingerprint density at radius 3 is 1.90 bits per heavy atom. The summed E-state index contributed by atoms with van der Waals surface area (Å²) >= 11 is 6.59. The summed E-state index contributed by atoms with van der Waals surface area (Å²) < 4.78 is 0. The molecule has 1 unspecified atom stereocenters. The molecule has 0 aliphatic carbocycles. The third-order valence-electron chi connectivity index (χ3n) is 4.01. The van der Waals surface area contributed by atoms with Crippen LogP contribution in [0.2, 0.25) is 0 Å². The monoisotopic (exact) mass is 286 g/mol. The Morgan fingerprint density at radius 1 is 0.800 bits per heavy atom. The lowest BCUT2D eigenvalue weighted by molar-refractivity contribution is 0.476. The molecule has 2 rings (SSSR count). The van der Waals surface area contributed by atoms with Gasteiger partial charge < -0.3 is 0 Å². The summed E-state index contributed by atoms with van der Waals surface area (Å²) in [5, 5.41) is 0.135. The first-order valence-electron chi connectivity index (χ1n) is 7.51. The molecule has 0 amide bonds. The van der Waals surface area contributed by atoms with Crippen LogP contribution in [0.1, 0.15) is 48.8 Å². The van der Waals surface area contributed by atoms with Crippen molar-refractivity contribution in [1.29, 1.82) is 0 Å². The van der Waals surface area contributed by atoms with E-state index in [0.717, 1.165) is 19.3 Å². The lowest BCUT2D eigenvalue weighted by Gasteiger charge is -2.19. The minimum atomic E-state index is 0.135. The highest BCUT2D eigenvalue weighted by molar-refractivity contribution is 6.21. The molecule has 2 aromatic rings. The summed E-state index contributed by atoms with van der Waals surface area (Å²) in [7, 11) is 0. The van der Waals surface area contributed by atoms with Gasteiger partial charge in [-0.15, -0.1) is 11.6 Å². The second kappa shape index (κ2) is 7.50. The quantitative estimate of drug-likeness (QED) is 0.572. The molecule has 0 saturated heterocycles. The number of hydrogen-bond donors (Lipinski definition) is 0. The lowest BCUT2D eigenvalue weighted by Crippen LogP contribution is -2.05. The molecule has 2 aromatic carbocycles. The minimum Gasteiger partial charge on any atom is -0.118 e. The first-order chi connectivity index (χ1) is 9.74. The molecule has 20 heavy (non-hydrogen) atoms. The van der Waals surface area contributed by atoms with Crippen LogP contribution in [-0.2, 0) is 6.42 Å². The fourth-order valence-corrected chi connectivity index (χ4v) is 3.13. The highest BCUT2D eigenvalue weighted by Crippen LogP contribution is 2.33. The van der Waals surface area contributed by atoms with Gasteiger partial charge in [-0.3, -0.25) is 0 Å². The van der Waals surface area contributed by atoms with Crippen molar-refractivity contribution in [2.75, 3.05) is 0 Å². The standard InChI is InChI=1S/C19H23Cl/c1-3-17(4-2)19(20)18-12-10-16(11-13-18)14-15-8-6-5-7-9-15/h5-13,17,19H,3-4,14H2,1-2H3. The third kappa shape index (κ3) is 3.86. The minimum absolute atomic E-state index is 0.135. The third-order valence-corrected chi connectivity index (χ3v) is 4.62. The Labute approximate surface area is 127 Å². The van der Waals surface area contributed by atoms with Gasteiger partial charge in [-0.1, -0.05) is 81.3 Å². The maximum absolute atomic E-state index is 6.59. The van der Waals surface area contributed by atoms with E-state index in [9.17, 15) is 0 Å². The van der Waals surface area contributed by atoms with Crippen molar-refractivity contribution in [3.63, 3.8) is 0 Å². The van der Waals surface area contributed by atoms with Gasteiger partial charge in [-0.25, -0.2) is 0 Å². The predicted octanol–water partition coefficient (Wildman–Crippen LogP) is 5.99. The fourth-order valence-electron chi connectivity index (χ4n) is 2.63. The second-order valence-electron chi connectivity index (χ2n) is 5.38. The van der Waals surface area contributed by atoms with Crippen LogP contribution in [0.4, 0.5) is 0 Å². The topological polar surface area (TPSA) is 0 Å². The molecule has 0 aliphatic rings. The largest absolute Gasteiger partial charge is 0.118 e. The Morgan fingerprint density at radius 2 is 1.35 bits per heavy atom. The van der Waals surface area contributed by atoms with Crippen LogP contribution >= 0.6 is 11.6 Å². The van der Waals surface area contributed by atoms with E-state index in [0.29, 0.717) is 5.92 Å². The summed E-state index contributed by atoms with van der Waals surface area (Å²) in [5.74, 6) is 0.566. The first kappa shape index (κ1) is 15.1. The highest BCUT2D eigenvalue weighted by Gasteiger charge is 2.17. The fraction of sp³-hybridized carbons (Fsp3) is 0.368. The van der Waals surface area contributed by atoms with E-state index < -0.39 is 0 Å². The Balaban J connectivity index is 2.06. The predicted molar refractivity (Wildman–Crippen MR) is 88.4 cm³/mol. The van der Waals surface area contributed by atoms with E-state index in [1.54, 1.807) is 0 Å². The van der Waals surface area contributed by atoms with E-state index in [2.05, 4.69) is 68.4 Å². The van der Waals surface area contributed by atoms with Gasteiger partial charge in [0, 0.05) is 0 Å². The molecule has 0 heterocycles. The first-order valence-corrected chi connectivity index (χ1v) is 7.95. The number of hydrogen-bond acceptors (Lipinski definition) is 0. The van der Waals surface area contributed by atoms with Gasteiger partial charge in [0.1, 0.15) is 0 Å². The van der Waals surface area contributed by atoms with Crippen LogP contribution in [0, 0.1) is 5.92 Å². The number of alkyl halides is 1. The van der Waals surface area contributed by atoms with E-state index in [1.807, 2.05) is 0 Å². The smallest absolute Gasteiger partial charge is 0.0613 e. The molecule has 0 aromatic heterocycles. The van der Waals surface area contributed by atoms with Gasteiger partial charge in [-0.2, -0.15) is 0 Å². The summed E-state index contributed by atoms with van der Waals surface area (Å²) in [4.78, 5) is 0. The Kier molecular flexibility index (Phi) is 5.67. The van der Waals surface area contributed by atoms with Crippen LogP contribution in [0.25, 0.3) is 0 Å². The SMILES string of the molecule is CCC(CC)C(Cl)c1ccc(Cc2ccccc2)cc1. The molecule has 0 fully saturated rings. The number of benzene rings is 2. The Hall–Kier alpha value is -1.27. The maximum atomic E-state index is 6.59. The van der Waals surface area contributed by atoms with Gasteiger partial charge in [0.2, 0.25) is 0 Å². The Bertz CT molecular complexity index is 497. The van der Waals surface area contributed by atoms with Crippen molar-refractivity contribution < 1.29 is 0 Å².